The largest absolute Gasteiger partial charge is 0.394 e. The normalized spacial score (nSPS) is 23.0. The number of aliphatic hydroxyl groups excluding tert-OH is 2. The molecular formula is C25H45N5O5Si. The van der Waals surface area contributed by atoms with Gasteiger partial charge in [0.1, 0.15) is 31.4 Å². The van der Waals surface area contributed by atoms with Crippen molar-refractivity contribution in [1.29, 1.82) is 0 Å². The van der Waals surface area contributed by atoms with Crippen LogP contribution in [-0.4, -0.2) is 76.3 Å². The summed E-state index contributed by atoms with van der Waals surface area (Å²) in [6.45, 7) is 16.0. The molecule has 0 aromatic carbocycles. The average Bonchev–Trinajstić information content (AvgIpc) is 3.40. The number of ether oxygens (including phenoxy) is 2. The van der Waals surface area contributed by atoms with Gasteiger partial charge < -0.3 is 29.4 Å². The zero-order chi connectivity index (χ0) is 26.5. The molecular weight excluding hydrogens is 478 g/mol. The molecule has 1 saturated heterocycles. The Morgan fingerprint density at radius 3 is 2.39 bits per heavy atom. The Bertz CT molecular complexity index is 934. The Morgan fingerprint density at radius 1 is 1.08 bits per heavy atom. The molecule has 0 aliphatic carbocycles. The van der Waals surface area contributed by atoms with Gasteiger partial charge in [0, 0.05) is 6.54 Å². The zero-order valence-corrected chi connectivity index (χ0v) is 23.8. The van der Waals surface area contributed by atoms with Gasteiger partial charge >= 0.3 is 0 Å². The third-order valence-corrected chi connectivity index (χ3v) is 13.5. The smallest absolute Gasteiger partial charge is 0.203 e. The van der Waals surface area contributed by atoms with Crippen LogP contribution in [0.5, 0.6) is 0 Å². The minimum atomic E-state index is -2.15. The lowest BCUT2D eigenvalue weighted by Gasteiger charge is -2.42. The van der Waals surface area contributed by atoms with Crippen LogP contribution in [-0.2, 0) is 13.9 Å². The van der Waals surface area contributed by atoms with Crippen molar-refractivity contribution in [2.75, 3.05) is 25.3 Å². The van der Waals surface area contributed by atoms with E-state index in [1.165, 1.54) is 6.33 Å². The topological polar surface area (TPSA) is 124 Å². The number of nitrogens with one attached hydrogen (secondary N) is 1. The number of hydrogen-bond donors (Lipinski definition) is 3. The second kappa shape index (κ2) is 12.7. The molecule has 0 radical (unpaired) electrons. The van der Waals surface area contributed by atoms with Crippen molar-refractivity contribution in [3.8, 4) is 0 Å². The van der Waals surface area contributed by atoms with Crippen LogP contribution >= 0.6 is 0 Å². The Labute approximate surface area is 215 Å². The molecule has 2 aromatic rings. The van der Waals surface area contributed by atoms with E-state index >= 15 is 0 Å². The van der Waals surface area contributed by atoms with Crippen LogP contribution in [0.15, 0.2) is 12.7 Å². The van der Waals surface area contributed by atoms with Crippen molar-refractivity contribution >= 4 is 25.3 Å². The Balaban J connectivity index is 1.82. The summed E-state index contributed by atoms with van der Waals surface area (Å²) in [6.07, 6.45) is 3.16. The fraction of sp³-hybridized carbons (Fsp3) is 0.800. The van der Waals surface area contributed by atoms with Crippen molar-refractivity contribution in [3.63, 3.8) is 0 Å². The number of anilines is 1. The van der Waals surface area contributed by atoms with Crippen molar-refractivity contribution < 1.29 is 24.1 Å². The monoisotopic (exact) mass is 523 g/mol. The van der Waals surface area contributed by atoms with E-state index in [0.717, 1.165) is 25.8 Å². The molecule has 3 N–H and O–H groups in total. The molecule has 10 nitrogen and oxygen atoms in total. The second-order valence-corrected chi connectivity index (χ2v) is 16.1. The lowest BCUT2D eigenvalue weighted by molar-refractivity contribution is -0.112. The summed E-state index contributed by atoms with van der Waals surface area (Å²) in [7, 11) is -2.15. The molecule has 2 aromatic heterocycles. The molecule has 0 spiro atoms. The molecule has 3 rings (SSSR count). The van der Waals surface area contributed by atoms with Crippen LogP contribution in [0.4, 0.5) is 5.82 Å². The third-order valence-electron chi connectivity index (χ3n) is 7.47. The first kappa shape index (κ1) is 28.9. The van der Waals surface area contributed by atoms with Crippen LogP contribution in [0.1, 0.15) is 74.0 Å². The first-order chi connectivity index (χ1) is 17.2. The quantitative estimate of drug-likeness (QED) is 0.190. The fourth-order valence-electron chi connectivity index (χ4n) is 5.74. The van der Waals surface area contributed by atoms with Crippen LogP contribution in [0.2, 0.25) is 16.6 Å². The number of unbranched alkanes of at least 4 members (excludes halogenated alkanes) is 2. The first-order valence-electron chi connectivity index (χ1n) is 13.3. The molecule has 1 aliphatic heterocycles. The molecule has 3 heterocycles. The van der Waals surface area contributed by atoms with E-state index in [9.17, 15) is 10.2 Å². The van der Waals surface area contributed by atoms with Crippen molar-refractivity contribution in [2.45, 2.75) is 109 Å². The number of hydrogen-bond acceptors (Lipinski definition) is 9. The van der Waals surface area contributed by atoms with Gasteiger partial charge in [-0.05, 0) is 23.0 Å². The maximum absolute atomic E-state index is 10.9. The number of aliphatic hydroxyl groups is 2. The molecule has 1 fully saturated rings. The van der Waals surface area contributed by atoms with Gasteiger partial charge in [0.25, 0.3) is 0 Å². The van der Waals surface area contributed by atoms with E-state index < -0.39 is 32.9 Å². The molecule has 2 unspecified atom stereocenters. The van der Waals surface area contributed by atoms with Crippen molar-refractivity contribution in [1.82, 2.24) is 19.5 Å². The van der Waals surface area contributed by atoms with E-state index in [0.29, 0.717) is 33.6 Å². The van der Waals surface area contributed by atoms with Gasteiger partial charge in [-0.15, -0.1) is 0 Å². The number of aromatic nitrogens is 4. The van der Waals surface area contributed by atoms with E-state index in [-0.39, 0.29) is 13.4 Å². The lowest BCUT2D eigenvalue weighted by atomic mass is 10.1. The molecule has 0 saturated carbocycles. The van der Waals surface area contributed by atoms with Gasteiger partial charge in [-0.25, -0.2) is 15.0 Å². The summed E-state index contributed by atoms with van der Waals surface area (Å²) in [5.41, 5.74) is 2.42. The minimum Gasteiger partial charge on any atom is -0.394 e. The predicted octanol–water partition coefficient (Wildman–Crippen LogP) is 4.21. The highest BCUT2D eigenvalue weighted by molar-refractivity contribution is 6.77. The summed E-state index contributed by atoms with van der Waals surface area (Å²) >= 11 is 0. The van der Waals surface area contributed by atoms with Gasteiger partial charge in [-0.2, -0.15) is 0 Å². The van der Waals surface area contributed by atoms with E-state index in [2.05, 4.69) is 68.7 Å². The summed E-state index contributed by atoms with van der Waals surface area (Å²) < 4.78 is 20.5. The van der Waals surface area contributed by atoms with Crippen molar-refractivity contribution in [2.24, 2.45) is 0 Å². The average molecular weight is 524 g/mol. The number of imidazole rings is 1. The minimum absolute atomic E-state index is 0.0480. The molecule has 0 amide bonds. The number of fused-ring (bicyclic) bond motifs is 1. The first-order valence-corrected chi connectivity index (χ1v) is 15.4. The number of rotatable bonds is 14. The molecule has 4 atom stereocenters. The van der Waals surface area contributed by atoms with Crippen LogP contribution in [0.3, 0.4) is 0 Å². The number of nitrogens with zero attached hydrogens (tertiary/aromatic N) is 4. The molecule has 1 aliphatic rings. The van der Waals surface area contributed by atoms with E-state index in [4.69, 9.17) is 13.9 Å². The third kappa shape index (κ3) is 5.76. The van der Waals surface area contributed by atoms with Crippen LogP contribution in [0.25, 0.3) is 11.2 Å². The lowest BCUT2D eigenvalue weighted by Crippen LogP contribution is -2.49. The fourth-order valence-corrected chi connectivity index (χ4v) is 11.0. The molecule has 36 heavy (non-hydrogen) atoms. The highest BCUT2D eigenvalue weighted by Crippen LogP contribution is 2.42. The SMILES string of the molecule is CCCCCNc1ncnc2c1ncn2[C@@H]1O[C@H](CO)C(O)C1OCO[Si](C(C)C)(C(C)C)C(C)C. The highest BCUT2D eigenvalue weighted by atomic mass is 28.4. The summed E-state index contributed by atoms with van der Waals surface area (Å²) in [5.74, 6) is 0.662. The maximum Gasteiger partial charge on any atom is 0.203 e. The van der Waals surface area contributed by atoms with Gasteiger partial charge in [-0.1, -0.05) is 61.3 Å². The molecule has 11 heteroatoms. The second-order valence-electron chi connectivity index (χ2n) is 10.6. The van der Waals surface area contributed by atoms with Crippen LogP contribution < -0.4 is 5.32 Å². The van der Waals surface area contributed by atoms with Crippen molar-refractivity contribution in [3.05, 3.63) is 12.7 Å². The van der Waals surface area contributed by atoms with Crippen LogP contribution in [0, 0.1) is 0 Å². The van der Waals surface area contributed by atoms with E-state index in [1.807, 2.05) is 0 Å². The summed E-state index contributed by atoms with van der Waals surface area (Å²) in [5, 5.41) is 24.1. The van der Waals surface area contributed by atoms with Gasteiger partial charge in [0.2, 0.25) is 8.32 Å². The van der Waals surface area contributed by atoms with E-state index in [1.54, 1.807) is 10.9 Å². The summed E-state index contributed by atoms with van der Waals surface area (Å²) in [6, 6.07) is 0. The standard InChI is InChI=1S/C25H45N5O5Si/c1-8-9-10-11-26-23-20-24(28-13-27-23)30(14-29-20)25-22(21(32)19(12-31)35-25)33-15-34-36(16(2)3,17(4)5)18(6)7/h13-14,16-19,21-22,25,31-32H,8-12,15H2,1-7H3,(H,26,27,28)/t19-,21?,22?,25-/m1/s1. The Hall–Kier alpha value is -1.63. The Kier molecular flexibility index (Phi) is 10.2. The highest BCUT2D eigenvalue weighted by Gasteiger charge is 2.48. The van der Waals surface area contributed by atoms with Gasteiger partial charge in [-0.3, -0.25) is 4.57 Å². The van der Waals surface area contributed by atoms with Gasteiger partial charge in [0.05, 0.1) is 12.9 Å². The zero-order valence-electron chi connectivity index (χ0n) is 22.8. The maximum atomic E-state index is 10.9. The van der Waals surface area contributed by atoms with Gasteiger partial charge in [0.15, 0.2) is 23.2 Å². The molecule has 0 bridgehead atoms. The molecule has 204 valence electrons. The summed E-state index contributed by atoms with van der Waals surface area (Å²) in [4.78, 5) is 13.3. The predicted molar refractivity (Wildman–Crippen MR) is 142 cm³/mol. The Morgan fingerprint density at radius 2 is 1.78 bits per heavy atom.